The second-order valence-corrected chi connectivity index (χ2v) is 18.0. The quantitative estimate of drug-likeness (QED) is 0.201. The molecule has 0 radical (unpaired) electrons. The molecular weight excluding hydrogens is 739 g/mol. The van der Waals surface area contributed by atoms with Crippen molar-refractivity contribution < 1.29 is 38.1 Å². The van der Waals surface area contributed by atoms with Crippen molar-refractivity contribution in [3.63, 3.8) is 0 Å². The first-order valence-corrected chi connectivity index (χ1v) is 19.9. The van der Waals surface area contributed by atoms with E-state index >= 15 is 0 Å². The Bertz CT molecular complexity index is 1880. The maximum atomic E-state index is 12.9. The Morgan fingerprint density at radius 2 is 1.24 bits per heavy atom. The summed E-state index contributed by atoms with van der Waals surface area (Å²) in [4.78, 5) is 51.2. The van der Waals surface area contributed by atoms with Gasteiger partial charge in [-0.2, -0.15) is 0 Å². The van der Waals surface area contributed by atoms with E-state index in [0.29, 0.717) is 71.2 Å². The maximum Gasteiger partial charge on any atom is 0.343 e. The van der Waals surface area contributed by atoms with Crippen molar-refractivity contribution in [2.75, 3.05) is 0 Å². The summed E-state index contributed by atoms with van der Waals surface area (Å²) in [5.41, 5.74) is 2.63. The summed E-state index contributed by atoms with van der Waals surface area (Å²) >= 11 is 12.4. The molecule has 0 N–H and O–H groups in total. The van der Waals surface area contributed by atoms with Gasteiger partial charge < -0.3 is 18.9 Å². The molecule has 0 bridgehead atoms. The fourth-order valence-electron chi connectivity index (χ4n) is 7.88. The molecular formula is C45H58Cl2O8. The van der Waals surface area contributed by atoms with Gasteiger partial charge in [0.2, 0.25) is 0 Å². The lowest BCUT2D eigenvalue weighted by Gasteiger charge is -2.34. The monoisotopic (exact) mass is 796 g/mol. The number of halogens is 2. The lowest BCUT2D eigenvalue weighted by Crippen LogP contribution is -2.38. The Labute approximate surface area is 337 Å². The summed E-state index contributed by atoms with van der Waals surface area (Å²) in [6.07, 6.45) is 8.44. The highest BCUT2D eigenvalue weighted by Gasteiger charge is 2.54. The molecule has 2 heterocycles. The molecule has 4 aliphatic rings. The number of carbonyl (C=O) groups is 4. The molecule has 0 unspecified atom stereocenters. The van der Waals surface area contributed by atoms with Gasteiger partial charge in [0, 0.05) is 10.6 Å². The Morgan fingerprint density at radius 3 is 1.73 bits per heavy atom. The van der Waals surface area contributed by atoms with Gasteiger partial charge in [-0.15, -0.1) is 0 Å². The molecule has 2 fully saturated rings. The molecule has 0 atom stereocenters. The number of esters is 4. The fourth-order valence-corrected chi connectivity index (χ4v) is 8.38. The Hall–Kier alpha value is -3.62. The summed E-state index contributed by atoms with van der Waals surface area (Å²) < 4.78 is 23.5. The van der Waals surface area contributed by atoms with Crippen LogP contribution in [0.3, 0.4) is 0 Å². The minimum absolute atomic E-state index is 0. The highest BCUT2D eigenvalue weighted by atomic mass is 35.5. The summed E-state index contributed by atoms with van der Waals surface area (Å²) in [5.74, 6) is -0.797. The van der Waals surface area contributed by atoms with Crippen LogP contribution >= 0.6 is 23.2 Å². The smallest absolute Gasteiger partial charge is 0.343 e. The first kappa shape index (κ1) is 44.1. The Kier molecular flexibility index (Phi) is 13.5. The topological polar surface area (TPSA) is 105 Å². The van der Waals surface area contributed by atoms with E-state index in [9.17, 15) is 19.2 Å². The van der Waals surface area contributed by atoms with Gasteiger partial charge in [-0.3, -0.25) is 9.59 Å². The highest BCUT2D eigenvalue weighted by Crippen LogP contribution is 2.50. The first-order valence-electron chi connectivity index (χ1n) is 19.2. The van der Waals surface area contributed by atoms with Gasteiger partial charge >= 0.3 is 23.9 Å². The molecule has 2 saturated carbocycles. The molecule has 0 amide bonds. The van der Waals surface area contributed by atoms with E-state index in [0.717, 1.165) is 54.4 Å². The van der Waals surface area contributed by atoms with E-state index in [2.05, 4.69) is 12.1 Å². The third-order valence-electron chi connectivity index (χ3n) is 11.0. The molecule has 2 aliphatic heterocycles. The molecule has 2 aliphatic carbocycles. The van der Waals surface area contributed by atoms with E-state index in [1.54, 1.807) is 18.2 Å². The molecule has 2 aromatic carbocycles. The van der Waals surface area contributed by atoms with Crippen molar-refractivity contribution in [1.29, 1.82) is 0 Å². The first-order chi connectivity index (χ1) is 25.2. The largest absolute Gasteiger partial charge is 0.447 e. The minimum Gasteiger partial charge on any atom is -0.447 e. The average Bonchev–Trinajstić information content (AvgIpc) is 3.71. The fraction of sp³-hybridized carbons (Fsp3) is 0.556. The second kappa shape index (κ2) is 16.9. The van der Waals surface area contributed by atoms with Crippen molar-refractivity contribution >= 4 is 58.2 Å². The molecule has 6 rings (SSSR count). The van der Waals surface area contributed by atoms with Gasteiger partial charge in [-0.25, -0.2) is 9.59 Å². The van der Waals surface area contributed by atoms with Gasteiger partial charge in [0.1, 0.15) is 11.1 Å². The number of aryl methyl sites for hydroxylation is 3. The standard InChI is InChI=1S/C23H30O4.C21H24Cl2O4.CH4/c1-14-11-15(2)18(16(3)12-14)19-20(26-17(24)13-22(4,5)6)23(27-21(19)25)9-7-8-10-23;1-4-20(2,3)19(25)26-17-16(14-9-8-13(22)12-15(14)23)18(24)27-21(17)10-6-5-7-11-21;/h11-12H,7-10,13H2,1-6H3;8-9,12H,4-7,10-11H2,1-3H3;1H4. The number of carbonyl (C=O) groups excluding carboxylic acids is 4. The van der Waals surface area contributed by atoms with Crippen LogP contribution in [0.15, 0.2) is 41.9 Å². The zero-order valence-electron chi connectivity index (χ0n) is 33.2. The summed E-state index contributed by atoms with van der Waals surface area (Å²) in [6.45, 7) is 17.6. The van der Waals surface area contributed by atoms with Crippen LogP contribution in [-0.4, -0.2) is 35.1 Å². The van der Waals surface area contributed by atoms with E-state index in [-0.39, 0.29) is 36.3 Å². The van der Waals surface area contributed by atoms with Crippen LogP contribution in [0.1, 0.15) is 147 Å². The molecule has 300 valence electrons. The zero-order chi connectivity index (χ0) is 39.8. The molecule has 2 aromatic rings. The predicted octanol–water partition coefficient (Wildman–Crippen LogP) is 11.8. The van der Waals surface area contributed by atoms with E-state index < -0.39 is 22.6 Å². The van der Waals surface area contributed by atoms with Crippen LogP contribution in [0.2, 0.25) is 10.0 Å². The highest BCUT2D eigenvalue weighted by molar-refractivity contribution is 6.37. The van der Waals surface area contributed by atoms with E-state index in [1.807, 2.05) is 62.3 Å². The molecule has 0 saturated heterocycles. The summed E-state index contributed by atoms with van der Waals surface area (Å²) in [6, 6.07) is 9.00. The molecule has 0 aromatic heterocycles. The lowest BCUT2D eigenvalue weighted by molar-refractivity contribution is -0.160. The van der Waals surface area contributed by atoms with Gasteiger partial charge in [-0.05, 0) is 127 Å². The van der Waals surface area contributed by atoms with E-state index in [4.69, 9.17) is 42.1 Å². The zero-order valence-corrected chi connectivity index (χ0v) is 34.7. The van der Waals surface area contributed by atoms with Crippen LogP contribution in [0.5, 0.6) is 0 Å². The third-order valence-corrected chi connectivity index (χ3v) is 11.5. The normalized spacial score (nSPS) is 18.8. The lowest BCUT2D eigenvalue weighted by atomic mass is 9.82. The molecule has 10 heteroatoms. The molecule has 8 nitrogen and oxygen atoms in total. The molecule has 2 spiro atoms. The number of hydrogen-bond donors (Lipinski definition) is 0. The van der Waals surface area contributed by atoms with Crippen LogP contribution in [0, 0.1) is 31.6 Å². The summed E-state index contributed by atoms with van der Waals surface area (Å²) in [7, 11) is 0. The van der Waals surface area contributed by atoms with Crippen molar-refractivity contribution in [3.05, 3.63) is 79.7 Å². The van der Waals surface area contributed by atoms with Gasteiger partial charge in [0.05, 0.1) is 16.9 Å². The number of hydrogen-bond acceptors (Lipinski definition) is 8. The van der Waals surface area contributed by atoms with Crippen LogP contribution in [0.25, 0.3) is 11.1 Å². The van der Waals surface area contributed by atoms with Gasteiger partial charge in [0.25, 0.3) is 0 Å². The van der Waals surface area contributed by atoms with Crippen LogP contribution in [-0.2, 0) is 38.1 Å². The van der Waals surface area contributed by atoms with Crippen LogP contribution < -0.4 is 0 Å². The van der Waals surface area contributed by atoms with Crippen molar-refractivity contribution in [1.82, 2.24) is 0 Å². The number of rotatable bonds is 7. The molecule has 55 heavy (non-hydrogen) atoms. The van der Waals surface area contributed by atoms with Crippen LogP contribution in [0.4, 0.5) is 0 Å². The minimum atomic E-state index is -0.882. The second-order valence-electron chi connectivity index (χ2n) is 17.2. The van der Waals surface area contributed by atoms with Gasteiger partial charge in [0.15, 0.2) is 22.7 Å². The summed E-state index contributed by atoms with van der Waals surface area (Å²) in [5, 5.41) is 0.791. The maximum absolute atomic E-state index is 12.9. The average molecular weight is 798 g/mol. The Balaban J connectivity index is 0.000000240. The van der Waals surface area contributed by atoms with E-state index in [1.165, 1.54) is 0 Å². The van der Waals surface area contributed by atoms with Crippen molar-refractivity contribution in [2.24, 2.45) is 10.8 Å². The number of ether oxygens (including phenoxy) is 4. The van der Waals surface area contributed by atoms with Crippen molar-refractivity contribution in [3.8, 4) is 0 Å². The Morgan fingerprint density at radius 1 is 0.745 bits per heavy atom. The van der Waals surface area contributed by atoms with Crippen molar-refractivity contribution in [2.45, 2.75) is 152 Å². The SMILES string of the molecule is C.CCC(C)(C)C(=O)OC1=C(c2ccc(Cl)cc2Cl)C(=O)OC12CCCCC2.Cc1cc(C)c(C2=C(OC(=O)CC(C)(C)C)C3(CCCC3)OC2=O)c(C)c1. The van der Waals surface area contributed by atoms with Gasteiger partial charge in [-0.1, -0.05) is 88.5 Å². The predicted molar refractivity (Wildman–Crippen MR) is 217 cm³/mol. The number of benzene rings is 2. The third kappa shape index (κ3) is 9.34.